The fourth-order valence-corrected chi connectivity index (χ4v) is 4.76. The minimum absolute atomic E-state index is 0.0318. The summed E-state index contributed by atoms with van der Waals surface area (Å²) in [7, 11) is -2.26. The lowest BCUT2D eigenvalue weighted by Gasteiger charge is -2.16. The highest BCUT2D eigenvalue weighted by Gasteiger charge is 2.17. The number of hydrogen-bond donors (Lipinski definition) is 3. The zero-order valence-electron chi connectivity index (χ0n) is 19.8. The van der Waals surface area contributed by atoms with E-state index in [0.717, 1.165) is 25.2 Å². The summed E-state index contributed by atoms with van der Waals surface area (Å²) in [6, 6.07) is 9.97. The summed E-state index contributed by atoms with van der Waals surface area (Å²) in [6.07, 6.45) is 4.06. The Bertz CT molecular complexity index is 1510. The first-order chi connectivity index (χ1) is 17.3. The minimum Gasteiger partial charge on any atom is -0.493 e. The maximum Gasteiger partial charge on any atom is 0.238 e. The Balaban J connectivity index is 1.41. The smallest absolute Gasteiger partial charge is 0.238 e. The molecule has 5 N–H and O–H groups in total. The molecule has 11 nitrogen and oxygen atoms in total. The number of imidazole rings is 1. The summed E-state index contributed by atoms with van der Waals surface area (Å²) < 4.78 is 34.9. The number of rotatable bonds is 8. The quantitative estimate of drug-likeness (QED) is 0.324. The van der Waals surface area contributed by atoms with Crippen molar-refractivity contribution in [3.63, 3.8) is 0 Å². The van der Waals surface area contributed by atoms with E-state index >= 15 is 0 Å². The monoisotopic (exact) mass is 509 g/mol. The van der Waals surface area contributed by atoms with Gasteiger partial charge in [0.2, 0.25) is 10.0 Å². The number of aromatic amines is 1. The Morgan fingerprint density at radius 3 is 2.64 bits per heavy atom. The number of nitrogens with zero attached hydrogens (tertiary/aromatic N) is 4. The number of methoxy groups -OCH3 is 1. The second-order valence-electron chi connectivity index (χ2n) is 8.56. The summed E-state index contributed by atoms with van der Waals surface area (Å²) >= 11 is 0. The minimum atomic E-state index is -3.85. The number of sulfonamides is 1. The Morgan fingerprint density at radius 1 is 1.08 bits per heavy atom. The first-order valence-corrected chi connectivity index (χ1v) is 13.1. The Labute approximate surface area is 208 Å². The third kappa shape index (κ3) is 4.96. The summed E-state index contributed by atoms with van der Waals surface area (Å²) in [5, 5.41) is 5.23. The van der Waals surface area contributed by atoms with E-state index in [1.54, 1.807) is 19.4 Å². The normalized spacial score (nSPS) is 14.4. The van der Waals surface area contributed by atoms with Crippen LogP contribution in [0.2, 0.25) is 0 Å². The number of ether oxygens (including phenoxy) is 2. The molecule has 188 valence electrons. The SMILES string of the molecule is COc1cc(-c2cnc(N)c(-c3nc4cc(S(N)(=O)=O)ccc4[nH]3)n2)ccc1OCCN1CCCC1. The van der Waals surface area contributed by atoms with Gasteiger partial charge in [-0.25, -0.2) is 28.5 Å². The molecule has 0 bridgehead atoms. The lowest BCUT2D eigenvalue weighted by atomic mass is 10.1. The van der Waals surface area contributed by atoms with Gasteiger partial charge >= 0.3 is 0 Å². The van der Waals surface area contributed by atoms with Crippen LogP contribution in [0.1, 0.15) is 12.8 Å². The van der Waals surface area contributed by atoms with Crippen LogP contribution in [0.15, 0.2) is 47.5 Å². The van der Waals surface area contributed by atoms with Gasteiger partial charge in [0.1, 0.15) is 12.3 Å². The first kappa shape index (κ1) is 24.0. The predicted molar refractivity (Wildman–Crippen MR) is 136 cm³/mol. The van der Waals surface area contributed by atoms with Gasteiger partial charge in [-0.05, 0) is 62.3 Å². The van der Waals surface area contributed by atoms with E-state index in [4.69, 9.17) is 20.3 Å². The van der Waals surface area contributed by atoms with Crippen molar-refractivity contribution in [3.8, 4) is 34.3 Å². The van der Waals surface area contributed by atoms with E-state index in [0.29, 0.717) is 46.4 Å². The summed E-state index contributed by atoms with van der Waals surface area (Å²) in [6.45, 7) is 3.71. The first-order valence-electron chi connectivity index (χ1n) is 11.5. The topological polar surface area (TPSA) is 162 Å². The molecular weight excluding hydrogens is 482 g/mol. The van der Waals surface area contributed by atoms with Crippen molar-refractivity contribution < 1.29 is 17.9 Å². The third-order valence-corrected chi connectivity index (χ3v) is 7.04. The number of fused-ring (bicyclic) bond motifs is 1. The van der Waals surface area contributed by atoms with Crippen molar-refractivity contribution in [1.29, 1.82) is 0 Å². The molecule has 1 aliphatic heterocycles. The number of nitrogen functional groups attached to an aromatic ring is 1. The number of aromatic nitrogens is 4. The van der Waals surface area contributed by atoms with Crippen molar-refractivity contribution in [2.45, 2.75) is 17.7 Å². The highest BCUT2D eigenvalue weighted by atomic mass is 32.2. The number of anilines is 1. The summed E-state index contributed by atoms with van der Waals surface area (Å²) in [5.74, 6) is 1.79. The number of likely N-dealkylation sites (tertiary alicyclic amines) is 1. The van der Waals surface area contributed by atoms with Gasteiger partial charge in [-0.3, -0.25) is 4.90 Å². The van der Waals surface area contributed by atoms with Crippen molar-refractivity contribution in [1.82, 2.24) is 24.8 Å². The van der Waals surface area contributed by atoms with Crippen LogP contribution in [0.4, 0.5) is 5.82 Å². The molecule has 12 heteroatoms. The van der Waals surface area contributed by atoms with Crippen LogP contribution in [0.3, 0.4) is 0 Å². The Hall–Kier alpha value is -3.74. The zero-order valence-corrected chi connectivity index (χ0v) is 20.6. The molecule has 0 atom stereocenters. The van der Waals surface area contributed by atoms with Crippen molar-refractivity contribution in [3.05, 3.63) is 42.6 Å². The van der Waals surface area contributed by atoms with Crippen LogP contribution in [0.5, 0.6) is 11.5 Å². The molecule has 0 aliphatic carbocycles. The Morgan fingerprint density at radius 2 is 1.89 bits per heavy atom. The Kier molecular flexibility index (Phi) is 6.48. The molecule has 0 saturated carbocycles. The lowest BCUT2D eigenvalue weighted by Crippen LogP contribution is -2.25. The molecule has 0 spiro atoms. The average Bonchev–Trinajstić information content (AvgIpc) is 3.53. The van der Waals surface area contributed by atoms with Crippen LogP contribution in [0.25, 0.3) is 33.8 Å². The van der Waals surface area contributed by atoms with Gasteiger partial charge in [0.05, 0.1) is 34.9 Å². The summed E-state index contributed by atoms with van der Waals surface area (Å²) in [5.41, 5.74) is 8.80. The van der Waals surface area contributed by atoms with Gasteiger partial charge in [-0.15, -0.1) is 0 Å². The van der Waals surface area contributed by atoms with Gasteiger partial charge in [0.25, 0.3) is 0 Å². The van der Waals surface area contributed by atoms with E-state index < -0.39 is 10.0 Å². The summed E-state index contributed by atoms with van der Waals surface area (Å²) in [4.78, 5) is 18.9. The van der Waals surface area contributed by atoms with E-state index in [9.17, 15) is 8.42 Å². The van der Waals surface area contributed by atoms with Crippen molar-refractivity contribution in [2.75, 3.05) is 39.1 Å². The van der Waals surface area contributed by atoms with Gasteiger partial charge in [-0.2, -0.15) is 0 Å². The third-order valence-electron chi connectivity index (χ3n) is 6.13. The molecule has 5 rings (SSSR count). The molecule has 1 aliphatic rings. The molecule has 3 heterocycles. The van der Waals surface area contributed by atoms with E-state index in [-0.39, 0.29) is 10.7 Å². The fourth-order valence-electron chi connectivity index (χ4n) is 4.22. The molecule has 2 aromatic carbocycles. The second kappa shape index (κ2) is 9.72. The van der Waals surface area contributed by atoms with Gasteiger partial charge in [-0.1, -0.05) is 0 Å². The highest BCUT2D eigenvalue weighted by Crippen LogP contribution is 2.33. The number of primary sulfonamides is 1. The second-order valence-corrected chi connectivity index (χ2v) is 10.1. The molecule has 0 radical (unpaired) electrons. The van der Waals surface area contributed by atoms with Crippen LogP contribution < -0.4 is 20.3 Å². The van der Waals surface area contributed by atoms with Crippen molar-refractivity contribution >= 4 is 26.9 Å². The number of H-pyrrole nitrogens is 1. The van der Waals surface area contributed by atoms with Crippen LogP contribution >= 0.6 is 0 Å². The number of hydrogen-bond acceptors (Lipinski definition) is 9. The average molecular weight is 510 g/mol. The largest absolute Gasteiger partial charge is 0.493 e. The molecule has 36 heavy (non-hydrogen) atoms. The van der Waals surface area contributed by atoms with Gasteiger partial charge in [0, 0.05) is 12.1 Å². The molecule has 2 aromatic heterocycles. The lowest BCUT2D eigenvalue weighted by molar-refractivity contribution is 0.230. The van der Waals surface area contributed by atoms with Gasteiger partial charge in [0.15, 0.2) is 23.1 Å². The van der Waals surface area contributed by atoms with E-state index in [2.05, 4.69) is 24.8 Å². The number of nitrogens with one attached hydrogen (secondary N) is 1. The number of benzene rings is 2. The maximum absolute atomic E-state index is 11.7. The van der Waals surface area contributed by atoms with Crippen LogP contribution in [-0.4, -0.2) is 66.6 Å². The van der Waals surface area contributed by atoms with Crippen LogP contribution in [-0.2, 0) is 10.0 Å². The molecular formula is C24H27N7O4S. The highest BCUT2D eigenvalue weighted by molar-refractivity contribution is 7.89. The molecule has 1 fully saturated rings. The van der Waals surface area contributed by atoms with E-state index in [1.165, 1.54) is 25.0 Å². The molecule has 4 aromatic rings. The molecule has 0 amide bonds. The number of nitrogens with two attached hydrogens (primary N) is 2. The van der Waals surface area contributed by atoms with Crippen LogP contribution in [0, 0.1) is 0 Å². The molecule has 1 saturated heterocycles. The maximum atomic E-state index is 11.7. The van der Waals surface area contributed by atoms with Crippen molar-refractivity contribution in [2.24, 2.45) is 5.14 Å². The molecule has 0 unspecified atom stereocenters. The van der Waals surface area contributed by atoms with E-state index in [1.807, 2.05) is 18.2 Å². The zero-order chi connectivity index (χ0) is 25.3. The standard InChI is InChI=1S/C24H27N7O4S/c1-34-21-12-15(4-7-20(21)35-11-10-31-8-2-3-9-31)19-14-27-23(25)22(28-19)24-29-17-6-5-16(36(26,32)33)13-18(17)30-24/h4-7,12-14H,2-3,8-11H2,1H3,(H2,25,27)(H,29,30)(H2,26,32,33). The predicted octanol–water partition coefficient (Wildman–Crippen LogP) is 2.40. The van der Waals surface area contributed by atoms with Gasteiger partial charge < -0.3 is 20.2 Å². The fraction of sp³-hybridized carbons (Fsp3) is 0.292.